The van der Waals surface area contributed by atoms with Crippen molar-refractivity contribution < 1.29 is 4.79 Å². The zero-order valence-corrected chi connectivity index (χ0v) is 12.6. The highest BCUT2D eigenvalue weighted by Gasteiger charge is 2.17. The maximum absolute atomic E-state index is 11.3. The van der Waals surface area contributed by atoms with Gasteiger partial charge in [-0.2, -0.15) is 0 Å². The van der Waals surface area contributed by atoms with E-state index in [1.807, 2.05) is 6.92 Å². The molecule has 100 valence electrons. The van der Waals surface area contributed by atoms with Crippen molar-refractivity contribution in [1.82, 2.24) is 10.2 Å². The summed E-state index contributed by atoms with van der Waals surface area (Å²) in [4.78, 5) is 13.7. The van der Waals surface area contributed by atoms with Gasteiger partial charge in [-0.3, -0.25) is 4.79 Å². The molecular formula is C13H25BrN2O. The van der Waals surface area contributed by atoms with E-state index in [-0.39, 0.29) is 10.7 Å². The lowest BCUT2D eigenvalue weighted by molar-refractivity contribution is -0.120. The minimum atomic E-state index is -0.0847. The van der Waals surface area contributed by atoms with Gasteiger partial charge in [0.05, 0.1) is 4.83 Å². The highest BCUT2D eigenvalue weighted by atomic mass is 79.9. The van der Waals surface area contributed by atoms with Gasteiger partial charge in [0.15, 0.2) is 0 Å². The molecule has 4 heteroatoms. The summed E-state index contributed by atoms with van der Waals surface area (Å²) < 4.78 is 0. The molecule has 1 aliphatic rings. The Morgan fingerprint density at radius 3 is 2.65 bits per heavy atom. The van der Waals surface area contributed by atoms with E-state index in [2.05, 4.69) is 33.2 Å². The maximum Gasteiger partial charge on any atom is 0.233 e. The quantitative estimate of drug-likeness (QED) is 0.604. The smallest absolute Gasteiger partial charge is 0.233 e. The SMILES string of the molecule is CC(Br)C(=O)NCCCN(C)C1CCCCC1. The molecule has 0 aromatic heterocycles. The van der Waals surface area contributed by atoms with E-state index in [0.717, 1.165) is 25.6 Å². The first-order chi connectivity index (χ1) is 8.11. The number of alkyl halides is 1. The fourth-order valence-corrected chi connectivity index (χ4v) is 2.55. The van der Waals surface area contributed by atoms with Gasteiger partial charge in [-0.05, 0) is 39.8 Å². The van der Waals surface area contributed by atoms with E-state index in [4.69, 9.17) is 0 Å². The van der Waals surface area contributed by atoms with Crippen LogP contribution in [-0.4, -0.2) is 41.8 Å². The van der Waals surface area contributed by atoms with Crippen LogP contribution < -0.4 is 5.32 Å². The first-order valence-electron chi connectivity index (χ1n) is 6.73. The van der Waals surface area contributed by atoms with Crippen molar-refractivity contribution in [2.24, 2.45) is 0 Å². The van der Waals surface area contributed by atoms with E-state index in [0.29, 0.717) is 0 Å². The summed E-state index contributed by atoms with van der Waals surface area (Å²) in [5.74, 6) is 0.0883. The number of rotatable bonds is 6. The van der Waals surface area contributed by atoms with E-state index >= 15 is 0 Å². The summed E-state index contributed by atoms with van der Waals surface area (Å²) in [5, 5.41) is 2.93. The predicted octanol–water partition coefficient (Wildman–Crippen LogP) is 2.54. The van der Waals surface area contributed by atoms with Gasteiger partial charge in [0.25, 0.3) is 0 Å². The van der Waals surface area contributed by atoms with E-state index in [9.17, 15) is 4.79 Å². The largest absolute Gasteiger partial charge is 0.355 e. The molecule has 0 radical (unpaired) electrons. The van der Waals surface area contributed by atoms with E-state index in [1.54, 1.807) is 0 Å². The second-order valence-corrected chi connectivity index (χ2v) is 6.41. The van der Waals surface area contributed by atoms with Crippen LogP contribution in [-0.2, 0) is 4.79 Å². The Labute approximate surface area is 113 Å². The van der Waals surface area contributed by atoms with Crippen molar-refractivity contribution in [3.63, 3.8) is 0 Å². The van der Waals surface area contributed by atoms with Crippen molar-refractivity contribution in [3.8, 4) is 0 Å². The minimum Gasteiger partial charge on any atom is -0.355 e. The lowest BCUT2D eigenvalue weighted by Crippen LogP contribution is -2.36. The molecule has 17 heavy (non-hydrogen) atoms. The molecule has 1 atom stereocenters. The number of carbonyl (C=O) groups excluding carboxylic acids is 1. The topological polar surface area (TPSA) is 32.3 Å². The standard InChI is InChI=1S/C13H25BrN2O/c1-11(14)13(17)15-9-6-10-16(2)12-7-4-3-5-8-12/h11-12H,3-10H2,1-2H3,(H,15,17). The molecule has 1 aliphatic carbocycles. The fraction of sp³-hybridized carbons (Fsp3) is 0.923. The van der Waals surface area contributed by atoms with Crippen molar-refractivity contribution in [2.75, 3.05) is 20.1 Å². The molecule has 3 nitrogen and oxygen atoms in total. The molecule has 1 saturated carbocycles. The van der Waals surface area contributed by atoms with Gasteiger partial charge in [-0.25, -0.2) is 0 Å². The summed E-state index contributed by atoms with van der Waals surface area (Å²) in [5.41, 5.74) is 0. The summed E-state index contributed by atoms with van der Waals surface area (Å²) in [7, 11) is 2.21. The van der Waals surface area contributed by atoms with Gasteiger partial charge in [-0.15, -0.1) is 0 Å². The lowest BCUT2D eigenvalue weighted by Gasteiger charge is -2.31. The monoisotopic (exact) mass is 304 g/mol. The highest BCUT2D eigenvalue weighted by molar-refractivity contribution is 9.10. The number of amides is 1. The van der Waals surface area contributed by atoms with Crippen LogP contribution in [0.25, 0.3) is 0 Å². The molecule has 0 bridgehead atoms. The molecular weight excluding hydrogens is 280 g/mol. The number of nitrogens with one attached hydrogen (secondary N) is 1. The highest BCUT2D eigenvalue weighted by Crippen LogP contribution is 2.21. The van der Waals surface area contributed by atoms with Crippen molar-refractivity contribution in [3.05, 3.63) is 0 Å². The van der Waals surface area contributed by atoms with Gasteiger partial charge in [0.2, 0.25) is 5.91 Å². The van der Waals surface area contributed by atoms with Gasteiger partial charge in [-0.1, -0.05) is 35.2 Å². The van der Waals surface area contributed by atoms with Crippen LogP contribution in [0.5, 0.6) is 0 Å². The van der Waals surface area contributed by atoms with E-state index in [1.165, 1.54) is 32.1 Å². The number of nitrogens with zero attached hydrogens (tertiary/aromatic N) is 1. The predicted molar refractivity (Wildman–Crippen MR) is 75.5 cm³/mol. The molecule has 0 aromatic rings. The van der Waals surface area contributed by atoms with Gasteiger partial charge < -0.3 is 10.2 Å². The Balaban J connectivity index is 2.07. The van der Waals surface area contributed by atoms with Gasteiger partial charge in [0, 0.05) is 12.6 Å². The van der Waals surface area contributed by atoms with Crippen LogP contribution in [0, 0.1) is 0 Å². The molecule has 0 heterocycles. The Bertz CT molecular complexity index is 227. The lowest BCUT2D eigenvalue weighted by atomic mass is 9.94. The summed E-state index contributed by atoms with van der Waals surface area (Å²) in [6.07, 6.45) is 7.91. The second kappa shape index (κ2) is 8.09. The number of hydrogen-bond acceptors (Lipinski definition) is 2. The fourth-order valence-electron chi connectivity index (χ4n) is 2.39. The Kier molecular flexibility index (Phi) is 7.12. The normalized spacial score (nSPS) is 19.3. The molecule has 0 saturated heterocycles. The maximum atomic E-state index is 11.3. The summed E-state index contributed by atoms with van der Waals surface area (Å²) in [6.45, 7) is 3.72. The van der Waals surface area contributed by atoms with Crippen LogP contribution in [0.2, 0.25) is 0 Å². The number of halogens is 1. The molecule has 1 unspecified atom stereocenters. The summed E-state index contributed by atoms with van der Waals surface area (Å²) in [6, 6.07) is 0.773. The van der Waals surface area contributed by atoms with Crippen LogP contribution in [0.4, 0.5) is 0 Å². The number of hydrogen-bond donors (Lipinski definition) is 1. The second-order valence-electron chi connectivity index (χ2n) is 5.03. The Morgan fingerprint density at radius 1 is 1.41 bits per heavy atom. The third kappa shape index (κ3) is 5.87. The molecule has 0 aliphatic heterocycles. The molecule has 1 fully saturated rings. The van der Waals surface area contributed by atoms with Gasteiger partial charge >= 0.3 is 0 Å². The average Bonchev–Trinajstić information content (AvgIpc) is 2.35. The molecule has 0 spiro atoms. The average molecular weight is 305 g/mol. The van der Waals surface area contributed by atoms with Crippen LogP contribution in [0.3, 0.4) is 0 Å². The zero-order chi connectivity index (χ0) is 12.7. The third-order valence-corrected chi connectivity index (χ3v) is 3.96. The Hall–Kier alpha value is -0.0900. The number of carbonyl (C=O) groups is 1. The van der Waals surface area contributed by atoms with E-state index < -0.39 is 0 Å². The first kappa shape index (κ1) is 15.0. The van der Waals surface area contributed by atoms with Crippen LogP contribution >= 0.6 is 15.9 Å². The first-order valence-corrected chi connectivity index (χ1v) is 7.65. The van der Waals surface area contributed by atoms with Crippen molar-refractivity contribution in [2.45, 2.75) is 56.3 Å². The van der Waals surface area contributed by atoms with Crippen molar-refractivity contribution in [1.29, 1.82) is 0 Å². The minimum absolute atomic E-state index is 0.0847. The van der Waals surface area contributed by atoms with Gasteiger partial charge in [0.1, 0.15) is 0 Å². The van der Waals surface area contributed by atoms with Crippen LogP contribution in [0.1, 0.15) is 45.4 Å². The Morgan fingerprint density at radius 2 is 2.06 bits per heavy atom. The molecule has 0 aromatic carbocycles. The molecule has 1 N–H and O–H groups in total. The third-order valence-electron chi connectivity index (χ3n) is 3.55. The summed E-state index contributed by atoms with van der Waals surface area (Å²) >= 11 is 3.26. The van der Waals surface area contributed by atoms with Crippen LogP contribution in [0.15, 0.2) is 0 Å². The molecule has 1 rings (SSSR count). The zero-order valence-electron chi connectivity index (χ0n) is 11.0. The van der Waals surface area contributed by atoms with Crippen molar-refractivity contribution >= 4 is 21.8 Å². The molecule has 1 amide bonds.